The first-order chi connectivity index (χ1) is 8.85. The number of nitrogens with one attached hydrogen (secondary N) is 1. The van der Waals surface area contributed by atoms with Crippen molar-refractivity contribution in [2.24, 2.45) is 0 Å². The summed E-state index contributed by atoms with van der Waals surface area (Å²) < 4.78 is 6.24. The zero-order chi connectivity index (χ0) is 14.0. The monoisotopic (exact) mass is 369 g/mol. The molecule has 0 unspecified atom stereocenters. The molecule has 0 aromatic heterocycles. The van der Waals surface area contributed by atoms with Crippen LogP contribution in [0.4, 0.5) is 10.5 Å². The molecule has 4 heteroatoms. The van der Waals surface area contributed by atoms with Gasteiger partial charge in [0, 0.05) is 3.57 Å². The number of ether oxygens (including phenoxy) is 1. The number of rotatable bonds is 1. The molecular weight excluding hydrogens is 353 g/mol. The van der Waals surface area contributed by atoms with Gasteiger partial charge < -0.3 is 4.74 Å². The number of carbonyl (C=O) groups excluding carboxylic acids is 1. The van der Waals surface area contributed by atoms with Crippen LogP contribution in [0.5, 0.6) is 0 Å². The number of anilines is 1. The van der Waals surface area contributed by atoms with Crippen molar-refractivity contribution in [3.63, 3.8) is 0 Å². The van der Waals surface area contributed by atoms with Crippen LogP contribution in [-0.4, -0.2) is 11.7 Å². The molecule has 0 bridgehead atoms. The standard InChI is InChI=1S/C15H16INO2/c1-15(2,3)19-14(18)17-13-9-11-7-5-4-6-10(11)8-12(13)16/h4-9H,1-3H3,(H,17,18). The molecule has 1 amide bonds. The van der Waals surface area contributed by atoms with Gasteiger partial charge in [0.05, 0.1) is 5.69 Å². The summed E-state index contributed by atoms with van der Waals surface area (Å²) in [5.74, 6) is 0. The summed E-state index contributed by atoms with van der Waals surface area (Å²) in [6.45, 7) is 5.54. The quantitative estimate of drug-likeness (QED) is 0.734. The number of fused-ring (bicyclic) bond motifs is 1. The van der Waals surface area contributed by atoms with Crippen LogP contribution < -0.4 is 5.32 Å². The SMILES string of the molecule is CC(C)(C)OC(=O)Nc1cc2ccccc2cc1I. The molecule has 0 aliphatic carbocycles. The van der Waals surface area contributed by atoms with Crippen LogP contribution in [0, 0.1) is 3.57 Å². The summed E-state index contributed by atoms with van der Waals surface area (Å²) in [5, 5.41) is 5.04. The predicted molar refractivity (Wildman–Crippen MR) is 86.5 cm³/mol. The van der Waals surface area contributed by atoms with Gasteiger partial charge in [0.25, 0.3) is 0 Å². The van der Waals surface area contributed by atoms with E-state index in [0.717, 1.165) is 20.0 Å². The van der Waals surface area contributed by atoms with Gasteiger partial charge in [0.1, 0.15) is 5.60 Å². The molecule has 0 radical (unpaired) electrons. The van der Waals surface area contributed by atoms with Gasteiger partial charge in [-0.2, -0.15) is 0 Å². The molecule has 1 N–H and O–H groups in total. The topological polar surface area (TPSA) is 38.3 Å². The summed E-state index contributed by atoms with van der Waals surface area (Å²) in [5.41, 5.74) is 0.278. The van der Waals surface area contributed by atoms with E-state index in [4.69, 9.17) is 4.74 Å². The lowest BCUT2D eigenvalue weighted by atomic mass is 10.1. The van der Waals surface area contributed by atoms with E-state index >= 15 is 0 Å². The van der Waals surface area contributed by atoms with Crippen molar-refractivity contribution in [1.29, 1.82) is 0 Å². The van der Waals surface area contributed by atoms with Gasteiger partial charge in [0.15, 0.2) is 0 Å². The van der Waals surface area contributed by atoms with Crippen molar-refractivity contribution >= 4 is 45.1 Å². The fraction of sp³-hybridized carbons (Fsp3) is 0.267. The zero-order valence-corrected chi connectivity index (χ0v) is 13.3. The van der Waals surface area contributed by atoms with Crippen LogP contribution in [0.3, 0.4) is 0 Å². The molecule has 0 saturated heterocycles. The maximum Gasteiger partial charge on any atom is 0.412 e. The maximum atomic E-state index is 11.8. The van der Waals surface area contributed by atoms with Crippen molar-refractivity contribution in [2.45, 2.75) is 26.4 Å². The van der Waals surface area contributed by atoms with Crippen LogP contribution in [0.1, 0.15) is 20.8 Å². The van der Waals surface area contributed by atoms with Crippen molar-refractivity contribution in [1.82, 2.24) is 0 Å². The molecule has 2 aromatic rings. The molecule has 3 nitrogen and oxygen atoms in total. The van der Waals surface area contributed by atoms with E-state index in [1.165, 1.54) is 0 Å². The third-order valence-corrected chi connectivity index (χ3v) is 3.36. The van der Waals surface area contributed by atoms with Gasteiger partial charge in [-0.15, -0.1) is 0 Å². The summed E-state index contributed by atoms with van der Waals surface area (Å²) in [6.07, 6.45) is -0.430. The first-order valence-corrected chi connectivity index (χ1v) is 7.11. The molecule has 0 spiro atoms. The second-order valence-electron chi connectivity index (χ2n) is 5.31. The minimum Gasteiger partial charge on any atom is -0.444 e. The molecule has 0 atom stereocenters. The highest BCUT2D eigenvalue weighted by molar-refractivity contribution is 14.1. The Morgan fingerprint density at radius 3 is 2.32 bits per heavy atom. The average Bonchev–Trinajstić information content (AvgIpc) is 2.27. The highest BCUT2D eigenvalue weighted by Crippen LogP contribution is 2.25. The largest absolute Gasteiger partial charge is 0.444 e. The number of halogens is 1. The lowest BCUT2D eigenvalue weighted by Gasteiger charge is -2.20. The highest BCUT2D eigenvalue weighted by Gasteiger charge is 2.17. The van der Waals surface area contributed by atoms with Crippen LogP contribution >= 0.6 is 22.6 Å². The number of hydrogen-bond acceptors (Lipinski definition) is 2. The number of carbonyl (C=O) groups is 1. The third kappa shape index (κ3) is 3.83. The van der Waals surface area contributed by atoms with E-state index in [1.54, 1.807) is 0 Å². The minimum atomic E-state index is -0.494. The normalized spacial score (nSPS) is 11.4. The molecule has 0 fully saturated rings. The van der Waals surface area contributed by atoms with E-state index in [0.29, 0.717) is 0 Å². The first kappa shape index (κ1) is 14.1. The second kappa shape index (κ2) is 5.36. The zero-order valence-electron chi connectivity index (χ0n) is 11.2. The van der Waals surface area contributed by atoms with Gasteiger partial charge in [0.2, 0.25) is 0 Å². The molecular formula is C15H16INO2. The molecule has 0 aliphatic heterocycles. The molecule has 19 heavy (non-hydrogen) atoms. The van der Waals surface area contributed by atoms with Gasteiger partial charge in [-0.1, -0.05) is 24.3 Å². The van der Waals surface area contributed by atoms with Crippen molar-refractivity contribution in [3.05, 3.63) is 40.0 Å². The molecule has 0 aliphatic rings. The summed E-state index contributed by atoms with van der Waals surface area (Å²) in [7, 11) is 0. The molecule has 2 aromatic carbocycles. The molecule has 0 saturated carbocycles. The van der Waals surface area contributed by atoms with Gasteiger partial charge in [-0.05, 0) is 66.3 Å². The third-order valence-electron chi connectivity index (χ3n) is 2.47. The van der Waals surface area contributed by atoms with E-state index < -0.39 is 11.7 Å². The summed E-state index contributed by atoms with van der Waals surface area (Å²) in [4.78, 5) is 11.8. The van der Waals surface area contributed by atoms with Crippen LogP contribution in [0.25, 0.3) is 10.8 Å². The first-order valence-electron chi connectivity index (χ1n) is 6.03. The average molecular weight is 369 g/mol. The van der Waals surface area contributed by atoms with Crippen molar-refractivity contribution in [2.75, 3.05) is 5.32 Å². The van der Waals surface area contributed by atoms with Crippen LogP contribution in [-0.2, 0) is 4.74 Å². The number of benzene rings is 2. The fourth-order valence-corrected chi connectivity index (χ4v) is 2.35. The van der Waals surface area contributed by atoms with Crippen LogP contribution in [0.2, 0.25) is 0 Å². The molecule has 100 valence electrons. The smallest absolute Gasteiger partial charge is 0.412 e. The van der Waals surface area contributed by atoms with Crippen molar-refractivity contribution < 1.29 is 9.53 Å². The second-order valence-corrected chi connectivity index (χ2v) is 6.47. The molecule has 0 heterocycles. The summed E-state index contributed by atoms with van der Waals surface area (Å²) in [6, 6.07) is 12.1. The number of amides is 1. The summed E-state index contributed by atoms with van der Waals surface area (Å²) >= 11 is 2.21. The Balaban J connectivity index is 2.25. The molecule has 2 rings (SSSR count). The lowest BCUT2D eigenvalue weighted by Crippen LogP contribution is -2.27. The Labute approximate surface area is 126 Å². The van der Waals surface area contributed by atoms with Gasteiger partial charge >= 0.3 is 6.09 Å². The van der Waals surface area contributed by atoms with Crippen molar-refractivity contribution in [3.8, 4) is 0 Å². The Bertz CT molecular complexity index is 617. The lowest BCUT2D eigenvalue weighted by molar-refractivity contribution is 0.0636. The Kier molecular flexibility index (Phi) is 3.99. The highest BCUT2D eigenvalue weighted by atomic mass is 127. The Morgan fingerprint density at radius 2 is 1.74 bits per heavy atom. The van der Waals surface area contributed by atoms with Crippen LogP contribution in [0.15, 0.2) is 36.4 Å². The van der Waals surface area contributed by atoms with E-state index in [9.17, 15) is 4.79 Å². The van der Waals surface area contributed by atoms with E-state index in [-0.39, 0.29) is 0 Å². The van der Waals surface area contributed by atoms with Gasteiger partial charge in [-0.3, -0.25) is 5.32 Å². The van der Waals surface area contributed by atoms with E-state index in [1.807, 2.05) is 51.1 Å². The Hall–Kier alpha value is -1.30. The predicted octanol–water partition coefficient (Wildman–Crippen LogP) is 4.79. The number of hydrogen-bond donors (Lipinski definition) is 1. The maximum absolute atomic E-state index is 11.8. The fourth-order valence-electron chi connectivity index (χ4n) is 1.72. The Morgan fingerprint density at radius 1 is 1.16 bits per heavy atom. The van der Waals surface area contributed by atoms with E-state index in [2.05, 4.69) is 34.0 Å². The van der Waals surface area contributed by atoms with Gasteiger partial charge in [-0.25, -0.2) is 4.79 Å². The minimum absolute atomic E-state index is 0.430.